The summed E-state index contributed by atoms with van der Waals surface area (Å²) in [5, 5.41) is 5.63. The second kappa shape index (κ2) is 8.31. The maximum atomic E-state index is 13.0. The number of aromatic amines is 2. The summed E-state index contributed by atoms with van der Waals surface area (Å²) in [7, 11) is 0. The first-order valence-electron chi connectivity index (χ1n) is 10.00. The third kappa shape index (κ3) is 4.08. The molecule has 0 aliphatic carbocycles. The van der Waals surface area contributed by atoms with E-state index in [0.717, 1.165) is 31.6 Å². The molecule has 0 saturated carbocycles. The minimum atomic E-state index is -4.65. The highest BCUT2D eigenvalue weighted by atomic mass is 19.4. The smallest absolute Gasteiger partial charge is 0.381 e. The minimum absolute atomic E-state index is 0.146. The lowest BCUT2D eigenvalue weighted by atomic mass is 10.1. The van der Waals surface area contributed by atoms with Crippen LogP contribution in [0.1, 0.15) is 24.2 Å². The number of hydrogen-bond donors (Lipinski definition) is 2. The van der Waals surface area contributed by atoms with Crippen molar-refractivity contribution in [2.75, 3.05) is 19.8 Å². The van der Waals surface area contributed by atoms with Crippen molar-refractivity contribution < 1.29 is 22.6 Å². The largest absolute Gasteiger partial charge is 0.451 e. The second-order valence-electron chi connectivity index (χ2n) is 7.48. The van der Waals surface area contributed by atoms with E-state index in [9.17, 15) is 13.2 Å². The summed E-state index contributed by atoms with van der Waals surface area (Å²) in [5.74, 6) is -0.574. The lowest BCUT2D eigenvalue weighted by Gasteiger charge is -2.08. The summed E-state index contributed by atoms with van der Waals surface area (Å²) < 4.78 is 51.8. The fraction of sp³-hybridized carbons (Fsp3) is 0.421. The van der Waals surface area contributed by atoms with Crippen LogP contribution < -0.4 is 0 Å². The van der Waals surface area contributed by atoms with Crippen LogP contribution in [0.5, 0.6) is 0 Å². The first-order valence-corrected chi connectivity index (χ1v) is 10.00. The predicted molar refractivity (Wildman–Crippen MR) is 104 cm³/mol. The lowest BCUT2D eigenvalue weighted by molar-refractivity contribution is -0.144. The first kappa shape index (κ1) is 20.6. The first-order chi connectivity index (χ1) is 15.5. The van der Waals surface area contributed by atoms with E-state index in [1.807, 2.05) is 5.10 Å². The quantitative estimate of drug-likeness (QED) is 0.417. The summed E-state index contributed by atoms with van der Waals surface area (Å²) in [6.45, 7) is 2.52. The van der Waals surface area contributed by atoms with Crippen LogP contribution in [-0.4, -0.2) is 59.3 Å². The SMILES string of the molecule is FC(F)(F)c1nc(-c2nc3ncc(COCCC4CCOC4)cn3c2-c2cnc[nH]2)n[nH]1. The van der Waals surface area contributed by atoms with Gasteiger partial charge < -0.3 is 14.5 Å². The van der Waals surface area contributed by atoms with Crippen LogP contribution in [0, 0.1) is 5.92 Å². The zero-order valence-electron chi connectivity index (χ0n) is 16.8. The van der Waals surface area contributed by atoms with E-state index >= 15 is 0 Å². The van der Waals surface area contributed by atoms with Gasteiger partial charge in [-0.1, -0.05) is 0 Å². The van der Waals surface area contributed by atoms with Crippen LogP contribution in [0.25, 0.3) is 28.7 Å². The van der Waals surface area contributed by atoms with E-state index in [0.29, 0.717) is 30.5 Å². The van der Waals surface area contributed by atoms with Gasteiger partial charge in [0.05, 0.1) is 24.8 Å². The third-order valence-electron chi connectivity index (χ3n) is 5.22. The highest BCUT2D eigenvalue weighted by Crippen LogP contribution is 2.32. The van der Waals surface area contributed by atoms with Crippen molar-refractivity contribution in [1.82, 2.24) is 39.5 Å². The van der Waals surface area contributed by atoms with Crippen molar-refractivity contribution in [3.05, 3.63) is 36.3 Å². The molecule has 13 heteroatoms. The molecule has 0 radical (unpaired) electrons. The highest BCUT2D eigenvalue weighted by Gasteiger charge is 2.36. The number of rotatable bonds is 7. The predicted octanol–water partition coefficient (Wildman–Crippen LogP) is 2.87. The molecule has 4 aromatic rings. The molecule has 0 bridgehead atoms. The molecule has 0 aromatic carbocycles. The molecule has 5 heterocycles. The fourth-order valence-electron chi connectivity index (χ4n) is 3.59. The topological polar surface area (TPSA) is 119 Å². The summed E-state index contributed by atoms with van der Waals surface area (Å²) >= 11 is 0. The molecule has 1 aliphatic heterocycles. The Morgan fingerprint density at radius 3 is 2.88 bits per heavy atom. The van der Waals surface area contributed by atoms with Gasteiger partial charge in [-0.05, 0) is 18.8 Å². The summed E-state index contributed by atoms with van der Waals surface area (Å²) in [5.41, 5.74) is 1.92. The van der Waals surface area contributed by atoms with Crippen molar-refractivity contribution in [3.63, 3.8) is 0 Å². The number of fused-ring (bicyclic) bond motifs is 1. The molecule has 10 nitrogen and oxygen atoms in total. The molecule has 0 amide bonds. The Bertz CT molecular complexity index is 1200. The maximum Gasteiger partial charge on any atom is 0.451 e. The minimum Gasteiger partial charge on any atom is -0.381 e. The van der Waals surface area contributed by atoms with Gasteiger partial charge in [0.1, 0.15) is 11.4 Å². The number of aromatic nitrogens is 8. The Hall–Kier alpha value is -3.32. The molecule has 32 heavy (non-hydrogen) atoms. The number of alkyl halides is 3. The van der Waals surface area contributed by atoms with Crippen molar-refractivity contribution in [2.45, 2.75) is 25.6 Å². The van der Waals surface area contributed by atoms with Gasteiger partial charge in [-0.2, -0.15) is 18.3 Å². The molecule has 1 saturated heterocycles. The number of hydrogen-bond acceptors (Lipinski definition) is 7. The van der Waals surface area contributed by atoms with Gasteiger partial charge in [0.2, 0.25) is 17.4 Å². The van der Waals surface area contributed by atoms with Gasteiger partial charge in [0.25, 0.3) is 0 Å². The Morgan fingerprint density at radius 1 is 1.25 bits per heavy atom. The summed E-state index contributed by atoms with van der Waals surface area (Å²) in [6, 6.07) is 0. The molecule has 4 aromatic heterocycles. The maximum absolute atomic E-state index is 13.0. The van der Waals surface area contributed by atoms with Crippen LogP contribution in [0.3, 0.4) is 0 Å². The summed E-state index contributed by atoms with van der Waals surface area (Å²) in [4.78, 5) is 19.2. The number of ether oxygens (including phenoxy) is 2. The number of nitrogens with one attached hydrogen (secondary N) is 2. The molecule has 1 unspecified atom stereocenters. The summed E-state index contributed by atoms with van der Waals surface area (Å²) in [6.07, 6.45) is 3.75. The van der Waals surface area contributed by atoms with Crippen molar-refractivity contribution >= 4 is 5.78 Å². The normalized spacial score (nSPS) is 16.9. The average molecular weight is 448 g/mol. The molecular formula is C19H19F3N8O2. The highest BCUT2D eigenvalue weighted by molar-refractivity contribution is 5.76. The average Bonchev–Trinajstić information content (AvgIpc) is 3.55. The van der Waals surface area contributed by atoms with Gasteiger partial charge in [0.15, 0.2) is 0 Å². The lowest BCUT2D eigenvalue weighted by Crippen LogP contribution is -2.07. The van der Waals surface area contributed by atoms with E-state index in [1.165, 1.54) is 12.5 Å². The van der Waals surface area contributed by atoms with Crippen LogP contribution in [0.15, 0.2) is 24.9 Å². The molecule has 168 valence electrons. The van der Waals surface area contributed by atoms with Crippen LogP contribution >= 0.6 is 0 Å². The van der Waals surface area contributed by atoms with E-state index in [2.05, 4.69) is 30.0 Å². The van der Waals surface area contributed by atoms with Gasteiger partial charge in [-0.25, -0.2) is 19.9 Å². The molecule has 1 atom stereocenters. The molecule has 0 spiro atoms. The van der Waals surface area contributed by atoms with Gasteiger partial charge in [-0.15, -0.1) is 0 Å². The van der Waals surface area contributed by atoms with E-state index in [-0.39, 0.29) is 17.3 Å². The Kier molecular flexibility index (Phi) is 5.35. The third-order valence-corrected chi connectivity index (χ3v) is 5.22. The Morgan fingerprint density at radius 2 is 2.16 bits per heavy atom. The van der Waals surface area contributed by atoms with Crippen LogP contribution in [0.4, 0.5) is 13.2 Å². The number of nitrogens with zero attached hydrogens (tertiary/aromatic N) is 6. The molecule has 5 rings (SSSR count). The van der Waals surface area contributed by atoms with E-state index < -0.39 is 12.0 Å². The zero-order chi connectivity index (χ0) is 22.1. The molecule has 2 N–H and O–H groups in total. The van der Waals surface area contributed by atoms with Gasteiger partial charge in [-0.3, -0.25) is 9.50 Å². The van der Waals surface area contributed by atoms with Crippen molar-refractivity contribution in [2.24, 2.45) is 5.92 Å². The Balaban J connectivity index is 1.44. The zero-order valence-corrected chi connectivity index (χ0v) is 16.8. The second-order valence-corrected chi connectivity index (χ2v) is 7.48. The molecule has 1 aliphatic rings. The van der Waals surface area contributed by atoms with Crippen molar-refractivity contribution in [3.8, 4) is 22.9 Å². The number of imidazole rings is 2. The van der Waals surface area contributed by atoms with E-state index in [1.54, 1.807) is 16.8 Å². The van der Waals surface area contributed by atoms with Gasteiger partial charge in [0, 0.05) is 37.8 Å². The number of H-pyrrole nitrogens is 2. The van der Waals surface area contributed by atoms with Crippen LogP contribution in [-0.2, 0) is 22.3 Å². The monoisotopic (exact) mass is 448 g/mol. The Labute approximate surface area is 179 Å². The van der Waals surface area contributed by atoms with Crippen LogP contribution in [0.2, 0.25) is 0 Å². The van der Waals surface area contributed by atoms with Gasteiger partial charge >= 0.3 is 6.18 Å². The standard InChI is InChI=1S/C19H19F3N8O2/c20-19(21,22)17-27-16(28-29-17)14-15(13-6-23-10-25-13)30-7-12(5-24-18(30)26-14)9-32-4-2-11-1-3-31-8-11/h5-7,10-11H,1-4,8-9H2,(H,23,25)(H,27,28,29). The fourth-order valence-corrected chi connectivity index (χ4v) is 3.59. The molecular weight excluding hydrogens is 429 g/mol. The molecule has 1 fully saturated rings. The van der Waals surface area contributed by atoms with Crippen molar-refractivity contribution in [1.29, 1.82) is 0 Å². The number of halogens is 3. The van der Waals surface area contributed by atoms with E-state index in [4.69, 9.17) is 9.47 Å².